The number of halogens is 2. The molecule has 7 nitrogen and oxygen atoms in total. The van der Waals surface area contributed by atoms with E-state index >= 15 is 0 Å². The molecule has 0 amide bonds. The van der Waals surface area contributed by atoms with Gasteiger partial charge in [-0.1, -0.05) is 18.2 Å². The summed E-state index contributed by atoms with van der Waals surface area (Å²) in [7, 11) is -3.26. The number of hydrogen-bond acceptors (Lipinski definition) is 6. The summed E-state index contributed by atoms with van der Waals surface area (Å²) in [5.41, 5.74) is 6.43. The molecule has 2 aromatic carbocycles. The van der Waals surface area contributed by atoms with E-state index in [4.69, 9.17) is 5.73 Å². The van der Waals surface area contributed by atoms with E-state index in [9.17, 15) is 22.0 Å². The van der Waals surface area contributed by atoms with Gasteiger partial charge in [-0.15, -0.1) is 11.3 Å². The van der Waals surface area contributed by atoms with E-state index in [1.54, 1.807) is 24.3 Å². The summed E-state index contributed by atoms with van der Waals surface area (Å²) in [5, 5.41) is 7.15. The number of benzene rings is 2. The number of hydrogen-bond donors (Lipinski definition) is 2. The molecule has 0 spiro atoms. The number of nitrogens with two attached hydrogens (primary N) is 1. The zero-order chi connectivity index (χ0) is 23.8. The lowest BCUT2D eigenvalue weighted by atomic mass is 10.0. The minimum absolute atomic E-state index is 0.189. The molecule has 4 aromatic rings. The van der Waals surface area contributed by atoms with Crippen molar-refractivity contribution < 1.29 is 17.2 Å². The van der Waals surface area contributed by atoms with Crippen LogP contribution in [0.25, 0.3) is 21.2 Å². The van der Waals surface area contributed by atoms with Gasteiger partial charge in [-0.25, -0.2) is 18.3 Å². The fourth-order valence-corrected chi connectivity index (χ4v) is 5.13. The molecule has 0 fully saturated rings. The average Bonchev–Trinajstić information content (AvgIpc) is 3.34. The summed E-state index contributed by atoms with van der Waals surface area (Å²) < 4.78 is 51.7. The lowest BCUT2D eigenvalue weighted by molar-refractivity contribution is 0.407. The van der Waals surface area contributed by atoms with Gasteiger partial charge in [0.2, 0.25) is 0 Å². The first-order chi connectivity index (χ1) is 15.7. The van der Waals surface area contributed by atoms with E-state index in [0.717, 1.165) is 26.1 Å². The maximum Gasteiger partial charge on any atom is 0.343 e. The first-order valence-corrected chi connectivity index (χ1v) is 12.6. The van der Waals surface area contributed by atoms with Crippen molar-refractivity contribution in [2.45, 2.75) is 17.9 Å². The van der Waals surface area contributed by atoms with E-state index in [-0.39, 0.29) is 35.8 Å². The Morgan fingerprint density at radius 3 is 2.45 bits per heavy atom. The highest BCUT2D eigenvalue weighted by Gasteiger charge is 2.15. The van der Waals surface area contributed by atoms with Crippen LogP contribution in [0.5, 0.6) is 0 Å². The zero-order valence-electron chi connectivity index (χ0n) is 17.5. The predicted molar refractivity (Wildman–Crippen MR) is 124 cm³/mol. The normalized spacial score (nSPS) is 11.8. The highest BCUT2D eigenvalue weighted by molar-refractivity contribution is 7.90. The van der Waals surface area contributed by atoms with Crippen LogP contribution in [-0.4, -0.2) is 36.0 Å². The molecule has 0 aliphatic rings. The molecule has 0 saturated heterocycles. The Morgan fingerprint density at radius 2 is 1.82 bits per heavy atom. The van der Waals surface area contributed by atoms with Crippen LogP contribution in [0.4, 0.5) is 8.78 Å². The smallest absolute Gasteiger partial charge is 0.327 e. The molecule has 0 aliphatic carbocycles. The maximum absolute atomic E-state index is 13.0. The molecule has 0 bridgehead atoms. The quantitative estimate of drug-likeness (QED) is 0.412. The molecule has 3 N–H and O–H groups in total. The third-order valence-electron chi connectivity index (χ3n) is 5.22. The van der Waals surface area contributed by atoms with Crippen molar-refractivity contribution in [3.05, 3.63) is 81.4 Å². The summed E-state index contributed by atoms with van der Waals surface area (Å²) in [4.78, 5) is 13.3. The zero-order valence-corrected chi connectivity index (χ0v) is 19.1. The van der Waals surface area contributed by atoms with E-state index in [2.05, 4.69) is 10.2 Å². The Labute approximate surface area is 192 Å². The van der Waals surface area contributed by atoms with Crippen molar-refractivity contribution in [1.82, 2.24) is 14.8 Å². The third-order valence-corrected chi connectivity index (χ3v) is 7.45. The second-order valence-corrected chi connectivity index (χ2v) is 10.7. The molecule has 4 rings (SSSR count). The van der Waals surface area contributed by atoms with Gasteiger partial charge in [0.15, 0.2) is 9.84 Å². The maximum atomic E-state index is 13.0. The summed E-state index contributed by atoms with van der Waals surface area (Å²) in [6.07, 6.45) is -0.909. The van der Waals surface area contributed by atoms with Crippen molar-refractivity contribution >= 4 is 31.3 Å². The van der Waals surface area contributed by atoms with Gasteiger partial charge < -0.3 is 5.73 Å². The minimum atomic E-state index is -3.26. The highest BCUT2D eigenvalue weighted by atomic mass is 32.2. The van der Waals surface area contributed by atoms with Gasteiger partial charge in [-0.05, 0) is 46.8 Å². The van der Waals surface area contributed by atoms with Gasteiger partial charge in [0.25, 0.3) is 6.08 Å². The Hall–Kier alpha value is -3.15. The van der Waals surface area contributed by atoms with Crippen molar-refractivity contribution in [2.75, 3.05) is 12.8 Å². The average molecular weight is 491 g/mol. The Morgan fingerprint density at radius 1 is 1.12 bits per heavy atom. The topological polar surface area (TPSA) is 111 Å². The van der Waals surface area contributed by atoms with Gasteiger partial charge in [-0.2, -0.15) is 13.9 Å². The SMILES string of the molecule is CS(=O)(=O)c1ccc(-c2ccc3sc(Cn4c(CC(CN)=C(F)F)n[nH]c4=O)cc3c2)cc1. The van der Waals surface area contributed by atoms with Crippen LogP contribution in [0.15, 0.2) is 69.9 Å². The van der Waals surface area contributed by atoms with Crippen molar-refractivity contribution in [1.29, 1.82) is 0 Å². The number of sulfone groups is 1. The summed E-state index contributed by atoms with van der Waals surface area (Å²) >= 11 is 1.49. The van der Waals surface area contributed by atoms with Crippen LogP contribution in [0.1, 0.15) is 10.7 Å². The standard InChI is InChI=1S/C22H20F2N4O3S2/c1-33(30,31)18-5-2-13(3-6-18)14-4-7-19-15(8-14)9-17(32-19)12-28-20(26-27-22(28)29)10-16(11-25)21(23)24/h2-9H,10-12,25H2,1H3,(H,27,29). The van der Waals surface area contributed by atoms with Crippen LogP contribution in [0.3, 0.4) is 0 Å². The number of aromatic nitrogens is 3. The Bertz CT molecular complexity index is 1510. The van der Waals surface area contributed by atoms with Crippen LogP contribution in [0, 0.1) is 0 Å². The van der Waals surface area contributed by atoms with Crippen LogP contribution in [-0.2, 0) is 22.8 Å². The molecule has 0 unspecified atom stereocenters. The van der Waals surface area contributed by atoms with Gasteiger partial charge in [0.05, 0.1) is 11.4 Å². The first kappa shape index (κ1) is 23.0. The van der Waals surface area contributed by atoms with Crippen LogP contribution < -0.4 is 11.4 Å². The van der Waals surface area contributed by atoms with E-state index in [1.807, 2.05) is 24.3 Å². The van der Waals surface area contributed by atoms with E-state index in [1.165, 1.54) is 22.2 Å². The number of nitrogens with one attached hydrogen (secondary N) is 1. The lowest BCUT2D eigenvalue weighted by Crippen LogP contribution is -2.20. The van der Waals surface area contributed by atoms with Gasteiger partial charge >= 0.3 is 5.69 Å². The highest BCUT2D eigenvalue weighted by Crippen LogP contribution is 2.31. The number of thiophene rings is 1. The third kappa shape index (κ3) is 4.95. The number of nitrogens with zero attached hydrogens (tertiary/aromatic N) is 2. The van der Waals surface area contributed by atoms with E-state index in [0.29, 0.717) is 0 Å². The number of aromatic amines is 1. The van der Waals surface area contributed by atoms with Gasteiger partial charge in [0, 0.05) is 34.4 Å². The molecule has 11 heteroatoms. The fraction of sp³-hybridized carbons (Fsp3) is 0.182. The largest absolute Gasteiger partial charge is 0.343 e. The molecular formula is C22H20F2N4O3S2. The van der Waals surface area contributed by atoms with Gasteiger partial charge in [0.1, 0.15) is 5.82 Å². The van der Waals surface area contributed by atoms with Crippen molar-refractivity contribution in [2.24, 2.45) is 5.73 Å². The molecule has 0 saturated carbocycles. The van der Waals surface area contributed by atoms with Crippen molar-refractivity contribution in [3.63, 3.8) is 0 Å². The fourth-order valence-electron chi connectivity index (χ4n) is 3.46. The lowest BCUT2D eigenvalue weighted by Gasteiger charge is -2.05. The summed E-state index contributed by atoms with van der Waals surface area (Å²) in [5.74, 6) is 0.192. The van der Waals surface area contributed by atoms with E-state index < -0.39 is 21.6 Å². The Kier molecular flexibility index (Phi) is 6.28. The number of rotatable bonds is 7. The summed E-state index contributed by atoms with van der Waals surface area (Å²) in [6.45, 7) is -0.131. The molecular weight excluding hydrogens is 470 g/mol. The van der Waals surface area contributed by atoms with Crippen LogP contribution in [0.2, 0.25) is 0 Å². The summed E-state index contributed by atoms with van der Waals surface area (Å²) in [6, 6.07) is 14.5. The minimum Gasteiger partial charge on any atom is -0.327 e. The van der Waals surface area contributed by atoms with Crippen molar-refractivity contribution in [3.8, 4) is 11.1 Å². The molecule has 0 radical (unpaired) electrons. The molecule has 33 heavy (non-hydrogen) atoms. The predicted octanol–water partition coefficient (Wildman–Crippen LogP) is 3.56. The molecule has 2 aromatic heterocycles. The van der Waals surface area contributed by atoms with Crippen LogP contribution >= 0.6 is 11.3 Å². The second-order valence-electron chi connectivity index (χ2n) is 7.54. The number of fused-ring (bicyclic) bond motifs is 1. The molecule has 0 aliphatic heterocycles. The molecule has 172 valence electrons. The monoisotopic (exact) mass is 490 g/mol. The Balaban J connectivity index is 1.62. The first-order valence-electron chi connectivity index (χ1n) is 9.86. The number of H-pyrrole nitrogens is 1. The molecule has 2 heterocycles. The molecule has 0 atom stereocenters. The second kappa shape index (κ2) is 9.00. The van der Waals surface area contributed by atoms with Gasteiger partial charge in [-0.3, -0.25) is 4.57 Å².